The van der Waals surface area contributed by atoms with Crippen LogP contribution in [0.5, 0.6) is 6.01 Å². The van der Waals surface area contributed by atoms with Gasteiger partial charge in [-0.3, -0.25) is 0 Å². The Kier molecular flexibility index (Phi) is 4.03. The standard InChI is InChI=1S/C10H17N5O3S/c1-2-18-10-14-8(11)13-9(15-10)12-5-7-3-4-19(16,17)6-7/h7H,2-6H2,1H3,(H3,11,12,13,14,15). The zero-order valence-corrected chi connectivity index (χ0v) is 11.5. The lowest BCUT2D eigenvalue weighted by Gasteiger charge is -2.10. The van der Waals surface area contributed by atoms with Gasteiger partial charge in [0.2, 0.25) is 11.9 Å². The predicted molar refractivity (Wildman–Crippen MR) is 70.7 cm³/mol. The first-order valence-electron chi connectivity index (χ1n) is 6.07. The average Bonchev–Trinajstić information content (AvgIpc) is 2.66. The minimum atomic E-state index is -2.87. The summed E-state index contributed by atoms with van der Waals surface area (Å²) >= 11 is 0. The zero-order chi connectivity index (χ0) is 13.9. The fourth-order valence-electron chi connectivity index (χ4n) is 1.91. The van der Waals surface area contributed by atoms with Crippen LogP contribution in [0.2, 0.25) is 0 Å². The molecule has 0 aromatic carbocycles. The normalized spacial score (nSPS) is 21.2. The van der Waals surface area contributed by atoms with Crippen LogP contribution in [-0.4, -0.2) is 48.0 Å². The van der Waals surface area contributed by atoms with Crippen molar-refractivity contribution >= 4 is 21.7 Å². The lowest BCUT2D eigenvalue weighted by Crippen LogP contribution is -2.18. The second-order valence-electron chi connectivity index (χ2n) is 4.38. The molecule has 1 aromatic heterocycles. The summed E-state index contributed by atoms with van der Waals surface area (Å²) in [6, 6.07) is 0.163. The lowest BCUT2D eigenvalue weighted by atomic mass is 10.1. The van der Waals surface area contributed by atoms with Crippen LogP contribution in [-0.2, 0) is 9.84 Å². The molecule has 0 spiro atoms. The van der Waals surface area contributed by atoms with Crippen LogP contribution in [0.15, 0.2) is 0 Å². The van der Waals surface area contributed by atoms with E-state index in [4.69, 9.17) is 10.5 Å². The number of nitrogens with zero attached hydrogens (tertiary/aromatic N) is 3. The molecule has 1 atom stereocenters. The van der Waals surface area contributed by atoms with Crippen LogP contribution < -0.4 is 15.8 Å². The number of sulfone groups is 1. The molecule has 9 heteroatoms. The smallest absolute Gasteiger partial charge is 0.323 e. The third-order valence-electron chi connectivity index (χ3n) is 2.78. The number of nitrogens with one attached hydrogen (secondary N) is 1. The number of hydrogen-bond donors (Lipinski definition) is 2. The van der Waals surface area contributed by atoms with Gasteiger partial charge in [0.25, 0.3) is 0 Å². The molecule has 1 unspecified atom stereocenters. The van der Waals surface area contributed by atoms with E-state index in [1.165, 1.54) is 0 Å². The summed E-state index contributed by atoms with van der Waals surface area (Å²) < 4.78 is 27.8. The molecule has 1 aliphatic rings. The highest BCUT2D eigenvalue weighted by Gasteiger charge is 2.27. The molecule has 1 aromatic rings. The number of anilines is 2. The Hall–Kier alpha value is -1.64. The molecule has 1 aliphatic heterocycles. The van der Waals surface area contributed by atoms with Crippen molar-refractivity contribution in [1.82, 2.24) is 15.0 Å². The highest BCUT2D eigenvalue weighted by Crippen LogP contribution is 2.19. The third-order valence-corrected chi connectivity index (χ3v) is 4.62. The van der Waals surface area contributed by atoms with E-state index in [1.807, 2.05) is 6.92 Å². The van der Waals surface area contributed by atoms with Gasteiger partial charge in [0.05, 0.1) is 18.1 Å². The first-order chi connectivity index (χ1) is 8.98. The van der Waals surface area contributed by atoms with Crippen molar-refractivity contribution in [3.63, 3.8) is 0 Å². The van der Waals surface area contributed by atoms with Gasteiger partial charge in [-0.05, 0) is 19.3 Å². The van der Waals surface area contributed by atoms with Crippen LogP contribution >= 0.6 is 0 Å². The number of rotatable bonds is 5. The van der Waals surface area contributed by atoms with E-state index in [2.05, 4.69) is 20.3 Å². The van der Waals surface area contributed by atoms with Crippen molar-refractivity contribution in [3.8, 4) is 6.01 Å². The molecule has 0 amide bonds. The van der Waals surface area contributed by atoms with Crippen LogP contribution in [0.4, 0.5) is 11.9 Å². The molecular formula is C10H17N5O3S. The SMILES string of the molecule is CCOc1nc(N)nc(NCC2CCS(=O)(=O)C2)n1. The Labute approximate surface area is 111 Å². The number of aromatic nitrogens is 3. The molecule has 1 saturated heterocycles. The second-order valence-corrected chi connectivity index (χ2v) is 6.61. The van der Waals surface area contributed by atoms with Crippen molar-refractivity contribution < 1.29 is 13.2 Å². The zero-order valence-electron chi connectivity index (χ0n) is 10.7. The van der Waals surface area contributed by atoms with E-state index < -0.39 is 9.84 Å². The summed E-state index contributed by atoms with van der Waals surface area (Å²) in [6.45, 7) is 2.74. The van der Waals surface area contributed by atoms with Gasteiger partial charge >= 0.3 is 6.01 Å². The summed E-state index contributed by atoms with van der Waals surface area (Å²) in [6.07, 6.45) is 0.661. The Bertz CT molecular complexity index is 548. The monoisotopic (exact) mass is 287 g/mol. The van der Waals surface area contributed by atoms with Gasteiger partial charge in [-0.25, -0.2) is 8.42 Å². The van der Waals surface area contributed by atoms with Gasteiger partial charge in [-0.15, -0.1) is 0 Å². The molecule has 2 rings (SSSR count). The number of nitrogen functional groups attached to an aromatic ring is 1. The Balaban J connectivity index is 1.96. The largest absolute Gasteiger partial charge is 0.464 e. The fourth-order valence-corrected chi connectivity index (χ4v) is 3.78. The molecule has 19 heavy (non-hydrogen) atoms. The number of hydrogen-bond acceptors (Lipinski definition) is 8. The van der Waals surface area contributed by atoms with Gasteiger partial charge in [0, 0.05) is 6.54 Å². The number of nitrogens with two attached hydrogens (primary N) is 1. The molecule has 0 aliphatic carbocycles. The predicted octanol–water partition coefficient (Wildman–Crippen LogP) is -0.301. The van der Waals surface area contributed by atoms with E-state index in [1.54, 1.807) is 0 Å². The maximum absolute atomic E-state index is 11.3. The van der Waals surface area contributed by atoms with Crippen LogP contribution in [0.1, 0.15) is 13.3 Å². The molecule has 8 nitrogen and oxygen atoms in total. The second kappa shape index (κ2) is 5.55. The summed E-state index contributed by atoms with van der Waals surface area (Å²) in [5, 5.41) is 2.98. The maximum Gasteiger partial charge on any atom is 0.323 e. The first-order valence-corrected chi connectivity index (χ1v) is 7.89. The molecule has 0 bridgehead atoms. The third kappa shape index (κ3) is 3.91. The lowest BCUT2D eigenvalue weighted by molar-refractivity contribution is 0.312. The minimum Gasteiger partial charge on any atom is -0.464 e. The maximum atomic E-state index is 11.3. The summed E-state index contributed by atoms with van der Waals surface area (Å²) in [5.41, 5.74) is 5.54. The van der Waals surface area contributed by atoms with E-state index >= 15 is 0 Å². The van der Waals surface area contributed by atoms with Crippen LogP contribution in [0.3, 0.4) is 0 Å². The van der Waals surface area contributed by atoms with Crippen molar-refractivity contribution in [2.75, 3.05) is 35.7 Å². The van der Waals surface area contributed by atoms with Gasteiger partial charge in [-0.2, -0.15) is 15.0 Å². The highest BCUT2D eigenvalue weighted by atomic mass is 32.2. The summed E-state index contributed by atoms with van der Waals surface area (Å²) in [7, 11) is -2.87. The Morgan fingerprint density at radius 3 is 2.84 bits per heavy atom. The fraction of sp³-hybridized carbons (Fsp3) is 0.700. The Morgan fingerprint density at radius 2 is 2.21 bits per heavy atom. The summed E-state index contributed by atoms with van der Waals surface area (Å²) in [5.74, 6) is 0.917. The molecule has 0 saturated carbocycles. The van der Waals surface area contributed by atoms with E-state index in [0.29, 0.717) is 25.5 Å². The van der Waals surface area contributed by atoms with Gasteiger partial charge in [0.15, 0.2) is 9.84 Å². The quantitative estimate of drug-likeness (QED) is 0.757. The Morgan fingerprint density at radius 1 is 1.42 bits per heavy atom. The molecule has 1 fully saturated rings. The van der Waals surface area contributed by atoms with Gasteiger partial charge in [0.1, 0.15) is 0 Å². The minimum absolute atomic E-state index is 0.0694. The van der Waals surface area contributed by atoms with E-state index in [-0.39, 0.29) is 29.4 Å². The van der Waals surface area contributed by atoms with Crippen molar-refractivity contribution in [3.05, 3.63) is 0 Å². The molecule has 106 valence electrons. The number of ether oxygens (including phenoxy) is 1. The first kappa shape index (κ1) is 13.8. The van der Waals surface area contributed by atoms with Crippen LogP contribution in [0.25, 0.3) is 0 Å². The van der Waals surface area contributed by atoms with E-state index in [9.17, 15) is 8.42 Å². The molecule has 2 heterocycles. The van der Waals surface area contributed by atoms with Crippen LogP contribution in [0, 0.1) is 5.92 Å². The molecule has 3 N–H and O–H groups in total. The summed E-state index contributed by atoms with van der Waals surface area (Å²) in [4.78, 5) is 11.8. The molecule has 0 radical (unpaired) electrons. The molecular weight excluding hydrogens is 270 g/mol. The van der Waals surface area contributed by atoms with Gasteiger partial charge in [-0.1, -0.05) is 0 Å². The van der Waals surface area contributed by atoms with Crippen molar-refractivity contribution in [2.24, 2.45) is 5.92 Å². The van der Waals surface area contributed by atoms with E-state index in [0.717, 1.165) is 0 Å². The van der Waals surface area contributed by atoms with Crippen molar-refractivity contribution in [1.29, 1.82) is 0 Å². The van der Waals surface area contributed by atoms with Crippen molar-refractivity contribution in [2.45, 2.75) is 13.3 Å². The highest BCUT2D eigenvalue weighted by molar-refractivity contribution is 7.91. The average molecular weight is 287 g/mol. The van der Waals surface area contributed by atoms with Gasteiger partial charge < -0.3 is 15.8 Å². The topological polar surface area (TPSA) is 120 Å².